The van der Waals surface area contributed by atoms with E-state index in [0.717, 1.165) is 20.2 Å². The zero-order valence-electron chi connectivity index (χ0n) is 9.55. The Labute approximate surface area is 117 Å². The Balaban J connectivity index is 2.77. The molecular formula is C12H13Br2NO2. The molecule has 1 aromatic rings. The maximum Gasteiger partial charge on any atom is 0.331 e. The summed E-state index contributed by atoms with van der Waals surface area (Å²) in [5, 5.41) is 11.9. The van der Waals surface area contributed by atoms with Crippen LogP contribution in [0.5, 0.6) is 0 Å². The number of rotatable bonds is 4. The highest BCUT2D eigenvalue weighted by atomic mass is 79.9. The summed E-state index contributed by atoms with van der Waals surface area (Å²) in [5.41, 5.74) is 2.40. The topological polar surface area (TPSA) is 49.3 Å². The van der Waals surface area contributed by atoms with Crippen molar-refractivity contribution in [3.63, 3.8) is 0 Å². The van der Waals surface area contributed by atoms with Crippen LogP contribution in [0, 0.1) is 6.92 Å². The van der Waals surface area contributed by atoms with Crippen LogP contribution >= 0.6 is 31.9 Å². The van der Waals surface area contributed by atoms with Crippen molar-refractivity contribution in [3.8, 4) is 0 Å². The molecule has 1 rings (SSSR count). The largest absolute Gasteiger partial charge is 0.478 e. The van der Waals surface area contributed by atoms with Gasteiger partial charge in [0.15, 0.2) is 0 Å². The van der Waals surface area contributed by atoms with Gasteiger partial charge in [-0.05, 0) is 63.4 Å². The lowest BCUT2D eigenvalue weighted by molar-refractivity contribution is -0.132. The molecule has 3 nitrogen and oxygen atoms in total. The molecule has 0 fully saturated rings. The Morgan fingerprint density at radius 1 is 1.41 bits per heavy atom. The highest BCUT2D eigenvalue weighted by molar-refractivity contribution is 9.11. The second-order valence-electron chi connectivity index (χ2n) is 3.68. The van der Waals surface area contributed by atoms with Crippen LogP contribution in [0.15, 0.2) is 32.7 Å². The molecule has 0 radical (unpaired) electrons. The van der Waals surface area contributed by atoms with Gasteiger partial charge in [0.05, 0.1) is 5.69 Å². The van der Waals surface area contributed by atoms with E-state index in [1.165, 1.54) is 0 Å². The first-order valence-corrected chi connectivity index (χ1v) is 6.60. The van der Waals surface area contributed by atoms with Crippen molar-refractivity contribution in [1.29, 1.82) is 0 Å². The van der Waals surface area contributed by atoms with Crippen LogP contribution in [0.25, 0.3) is 0 Å². The third-order valence-electron chi connectivity index (χ3n) is 2.21. The maximum atomic E-state index is 10.6. The molecule has 2 N–H and O–H groups in total. The SMILES string of the molecule is CC(=CCNc1c(Br)cc(C)cc1Br)C(=O)O. The zero-order chi connectivity index (χ0) is 13.0. The molecular weight excluding hydrogens is 350 g/mol. The number of aliphatic carboxylic acids is 1. The number of nitrogens with one attached hydrogen (secondary N) is 1. The number of carboxylic acid groups (broad SMARTS) is 1. The molecule has 5 heteroatoms. The molecule has 17 heavy (non-hydrogen) atoms. The number of halogens is 2. The number of carbonyl (C=O) groups is 1. The van der Waals surface area contributed by atoms with E-state index in [1.54, 1.807) is 13.0 Å². The van der Waals surface area contributed by atoms with Gasteiger partial charge in [-0.15, -0.1) is 0 Å². The lowest BCUT2D eigenvalue weighted by Crippen LogP contribution is -2.04. The number of carboxylic acids is 1. The summed E-state index contributed by atoms with van der Waals surface area (Å²) in [6, 6.07) is 4.00. The summed E-state index contributed by atoms with van der Waals surface area (Å²) in [7, 11) is 0. The molecule has 0 atom stereocenters. The van der Waals surface area contributed by atoms with Crippen LogP contribution in [-0.2, 0) is 4.79 Å². The monoisotopic (exact) mass is 361 g/mol. The van der Waals surface area contributed by atoms with Crippen molar-refractivity contribution in [1.82, 2.24) is 0 Å². The summed E-state index contributed by atoms with van der Waals surface area (Å²) in [4.78, 5) is 10.6. The minimum atomic E-state index is -0.895. The number of hydrogen-bond donors (Lipinski definition) is 2. The van der Waals surface area contributed by atoms with Crippen molar-refractivity contribution in [3.05, 3.63) is 38.3 Å². The smallest absolute Gasteiger partial charge is 0.331 e. The molecule has 0 aliphatic rings. The molecule has 0 aromatic heterocycles. The van der Waals surface area contributed by atoms with E-state index in [1.807, 2.05) is 19.1 Å². The lowest BCUT2D eigenvalue weighted by Gasteiger charge is -2.10. The maximum absolute atomic E-state index is 10.6. The second-order valence-corrected chi connectivity index (χ2v) is 5.39. The molecule has 0 aliphatic carbocycles. The van der Waals surface area contributed by atoms with Crippen molar-refractivity contribution >= 4 is 43.5 Å². The van der Waals surface area contributed by atoms with Crippen LogP contribution in [0.3, 0.4) is 0 Å². The van der Waals surface area contributed by atoms with Gasteiger partial charge in [-0.1, -0.05) is 6.08 Å². The predicted octanol–water partition coefficient (Wildman–Crippen LogP) is 3.96. The van der Waals surface area contributed by atoms with Crippen LogP contribution < -0.4 is 5.32 Å². The van der Waals surface area contributed by atoms with E-state index in [-0.39, 0.29) is 0 Å². The summed E-state index contributed by atoms with van der Waals surface area (Å²) in [5.74, 6) is -0.895. The Hall–Kier alpha value is -0.810. The van der Waals surface area contributed by atoms with E-state index in [2.05, 4.69) is 37.2 Å². The van der Waals surface area contributed by atoms with Gasteiger partial charge >= 0.3 is 5.97 Å². The average Bonchev–Trinajstić information content (AvgIpc) is 2.21. The summed E-state index contributed by atoms with van der Waals surface area (Å²) >= 11 is 6.93. The fourth-order valence-corrected chi connectivity index (χ4v) is 2.96. The highest BCUT2D eigenvalue weighted by Gasteiger charge is 2.05. The molecule has 0 bridgehead atoms. The molecule has 0 amide bonds. The lowest BCUT2D eigenvalue weighted by atomic mass is 10.2. The molecule has 0 heterocycles. The van der Waals surface area contributed by atoms with E-state index >= 15 is 0 Å². The van der Waals surface area contributed by atoms with Gasteiger partial charge in [-0.25, -0.2) is 4.79 Å². The van der Waals surface area contributed by atoms with Crippen LogP contribution in [0.2, 0.25) is 0 Å². The minimum absolute atomic E-state index is 0.330. The molecule has 0 aliphatic heterocycles. The van der Waals surface area contributed by atoms with E-state index < -0.39 is 5.97 Å². The third kappa shape index (κ3) is 4.16. The molecule has 0 saturated carbocycles. The Morgan fingerprint density at radius 3 is 2.41 bits per heavy atom. The zero-order valence-corrected chi connectivity index (χ0v) is 12.7. The van der Waals surface area contributed by atoms with Gasteiger partial charge in [0.1, 0.15) is 0 Å². The minimum Gasteiger partial charge on any atom is -0.478 e. The van der Waals surface area contributed by atoms with Gasteiger partial charge in [0, 0.05) is 21.1 Å². The van der Waals surface area contributed by atoms with Crippen molar-refractivity contribution < 1.29 is 9.90 Å². The number of hydrogen-bond acceptors (Lipinski definition) is 2. The van der Waals surface area contributed by atoms with E-state index in [4.69, 9.17) is 5.11 Å². The molecule has 0 spiro atoms. The summed E-state index contributed by atoms with van der Waals surface area (Å²) in [6.07, 6.45) is 1.64. The fraction of sp³-hybridized carbons (Fsp3) is 0.250. The molecule has 0 saturated heterocycles. The van der Waals surface area contributed by atoms with Gasteiger partial charge < -0.3 is 10.4 Å². The molecule has 92 valence electrons. The van der Waals surface area contributed by atoms with Gasteiger partial charge in [0.2, 0.25) is 0 Å². The first-order chi connectivity index (χ1) is 7.91. The van der Waals surface area contributed by atoms with Gasteiger partial charge in [-0.3, -0.25) is 0 Å². The third-order valence-corrected chi connectivity index (χ3v) is 3.46. The summed E-state index contributed by atoms with van der Waals surface area (Å²) < 4.78 is 1.90. The fourth-order valence-electron chi connectivity index (χ4n) is 1.26. The Morgan fingerprint density at radius 2 is 1.94 bits per heavy atom. The molecule has 0 unspecified atom stereocenters. The second kappa shape index (κ2) is 6.21. The average molecular weight is 363 g/mol. The van der Waals surface area contributed by atoms with Gasteiger partial charge in [0.25, 0.3) is 0 Å². The van der Waals surface area contributed by atoms with E-state index in [0.29, 0.717) is 12.1 Å². The van der Waals surface area contributed by atoms with Gasteiger partial charge in [-0.2, -0.15) is 0 Å². The number of anilines is 1. The number of benzene rings is 1. The van der Waals surface area contributed by atoms with E-state index in [9.17, 15) is 4.79 Å². The van der Waals surface area contributed by atoms with Crippen molar-refractivity contribution in [2.24, 2.45) is 0 Å². The normalized spacial score (nSPS) is 11.4. The standard InChI is InChI=1S/C12H13Br2NO2/c1-7-5-9(13)11(10(14)6-7)15-4-3-8(2)12(16)17/h3,5-6,15H,4H2,1-2H3,(H,16,17). The predicted molar refractivity (Wildman–Crippen MR) is 76.5 cm³/mol. The van der Waals surface area contributed by atoms with Crippen LogP contribution in [-0.4, -0.2) is 17.6 Å². The Kier molecular flexibility index (Phi) is 5.21. The first-order valence-electron chi connectivity index (χ1n) is 5.01. The van der Waals surface area contributed by atoms with Crippen molar-refractivity contribution in [2.45, 2.75) is 13.8 Å². The number of aryl methyl sites for hydroxylation is 1. The van der Waals surface area contributed by atoms with Crippen LogP contribution in [0.4, 0.5) is 5.69 Å². The quantitative estimate of drug-likeness (QED) is 0.797. The molecule has 1 aromatic carbocycles. The Bertz CT molecular complexity index is 447. The van der Waals surface area contributed by atoms with Crippen LogP contribution in [0.1, 0.15) is 12.5 Å². The van der Waals surface area contributed by atoms with Crippen molar-refractivity contribution in [2.75, 3.05) is 11.9 Å². The highest BCUT2D eigenvalue weighted by Crippen LogP contribution is 2.32. The first kappa shape index (κ1) is 14.3. The summed E-state index contributed by atoms with van der Waals surface area (Å²) in [6.45, 7) is 4.05.